The van der Waals surface area contributed by atoms with E-state index in [-0.39, 0.29) is 17.9 Å². The Hall–Kier alpha value is -4.75. The molecule has 0 radical (unpaired) electrons. The van der Waals surface area contributed by atoms with E-state index in [0.717, 1.165) is 57.5 Å². The monoisotopic (exact) mass is 529 g/mol. The lowest BCUT2D eigenvalue weighted by Gasteiger charge is -2.27. The Balaban J connectivity index is 1.26. The van der Waals surface area contributed by atoms with Crippen LogP contribution in [0.4, 0.5) is 17.1 Å². The van der Waals surface area contributed by atoms with Crippen molar-refractivity contribution in [1.29, 1.82) is 0 Å². The number of aliphatic carboxylic acids is 1. The number of nitrogens with zero attached hydrogens (tertiary/aromatic N) is 3. The molecule has 0 aromatic heterocycles. The highest BCUT2D eigenvalue weighted by Crippen LogP contribution is 2.52. The number of hydrazone groups is 1. The van der Waals surface area contributed by atoms with Crippen molar-refractivity contribution >= 4 is 51.5 Å². The fourth-order valence-electron chi connectivity index (χ4n) is 6.45. The molecule has 40 heavy (non-hydrogen) atoms. The van der Waals surface area contributed by atoms with E-state index in [1.165, 1.54) is 5.56 Å². The third-order valence-electron chi connectivity index (χ3n) is 8.26. The molecular weight excluding hydrogens is 502 g/mol. The number of carboxylic acid groups (broad SMARTS) is 1. The fourth-order valence-corrected chi connectivity index (χ4v) is 6.45. The van der Waals surface area contributed by atoms with Crippen LogP contribution in [0.2, 0.25) is 0 Å². The van der Waals surface area contributed by atoms with Gasteiger partial charge in [0.05, 0.1) is 17.9 Å². The average molecular weight is 530 g/mol. The standard InChI is InChI=1S/C33H27N3O4/c37-19-21-9-11-23-18-25(13-12-22(23)15-21)35-29-8-4-7-26(29)27-16-20(10-14-30(27)35)17-28-31(33(39)40)34-36(32(28)38)24-5-2-1-3-6-24/h1-3,5-6,9-18,26,29,37H,4,7-8,19H2,(H,39,40). The van der Waals surface area contributed by atoms with Gasteiger partial charge >= 0.3 is 5.97 Å². The Morgan fingerprint density at radius 2 is 1.73 bits per heavy atom. The van der Waals surface area contributed by atoms with Crippen LogP contribution in [-0.2, 0) is 16.2 Å². The zero-order valence-electron chi connectivity index (χ0n) is 21.7. The molecule has 1 amide bonds. The van der Waals surface area contributed by atoms with Crippen LogP contribution >= 0.6 is 0 Å². The summed E-state index contributed by atoms with van der Waals surface area (Å²) in [5.74, 6) is -1.32. The van der Waals surface area contributed by atoms with Crippen LogP contribution in [0.1, 0.15) is 41.9 Å². The number of fused-ring (bicyclic) bond motifs is 4. The minimum absolute atomic E-state index is 0.0230. The maximum absolute atomic E-state index is 13.3. The maximum Gasteiger partial charge on any atom is 0.357 e. The molecule has 2 N–H and O–H groups in total. The third-order valence-corrected chi connectivity index (χ3v) is 8.26. The van der Waals surface area contributed by atoms with Crippen molar-refractivity contribution in [3.63, 3.8) is 0 Å². The molecule has 2 aliphatic heterocycles. The van der Waals surface area contributed by atoms with Crippen LogP contribution in [0, 0.1) is 0 Å². The van der Waals surface area contributed by atoms with Crippen molar-refractivity contribution in [3.8, 4) is 0 Å². The maximum atomic E-state index is 13.3. The van der Waals surface area contributed by atoms with Crippen molar-refractivity contribution in [3.05, 3.63) is 107 Å². The quantitative estimate of drug-likeness (QED) is 0.310. The summed E-state index contributed by atoms with van der Waals surface area (Å²) in [6.45, 7) is 0.0230. The Morgan fingerprint density at radius 1 is 0.925 bits per heavy atom. The van der Waals surface area contributed by atoms with Crippen molar-refractivity contribution in [2.24, 2.45) is 5.10 Å². The van der Waals surface area contributed by atoms with Gasteiger partial charge in [-0.3, -0.25) is 4.79 Å². The summed E-state index contributed by atoms with van der Waals surface area (Å²) >= 11 is 0. The number of anilines is 3. The Morgan fingerprint density at radius 3 is 2.52 bits per heavy atom. The lowest BCUT2D eigenvalue weighted by Crippen LogP contribution is -2.26. The second-order valence-corrected chi connectivity index (χ2v) is 10.6. The summed E-state index contributed by atoms with van der Waals surface area (Å²) in [4.78, 5) is 27.7. The van der Waals surface area contributed by atoms with E-state index in [9.17, 15) is 19.8 Å². The summed E-state index contributed by atoms with van der Waals surface area (Å²) in [5.41, 5.74) is 5.54. The first-order valence-electron chi connectivity index (χ1n) is 13.5. The molecule has 198 valence electrons. The molecule has 2 atom stereocenters. The number of benzene rings is 4. The van der Waals surface area contributed by atoms with E-state index in [0.29, 0.717) is 17.6 Å². The zero-order valence-corrected chi connectivity index (χ0v) is 21.7. The topological polar surface area (TPSA) is 93.4 Å². The Bertz CT molecular complexity index is 1740. The van der Waals surface area contributed by atoms with Crippen LogP contribution in [0.25, 0.3) is 16.8 Å². The minimum Gasteiger partial charge on any atom is -0.476 e. The molecule has 1 fully saturated rings. The first kappa shape index (κ1) is 24.3. The second kappa shape index (κ2) is 9.47. The highest BCUT2D eigenvalue weighted by atomic mass is 16.4. The molecule has 1 aliphatic carbocycles. The predicted molar refractivity (Wildman–Crippen MR) is 156 cm³/mol. The average Bonchev–Trinajstić information content (AvgIpc) is 3.66. The van der Waals surface area contributed by atoms with E-state index in [4.69, 9.17) is 0 Å². The molecule has 0 spiro atoms. The van der Waals surface area contributed by atoms with Crippen molar-refractivity contribution in [2.45, 2.75) is 37.8 Å². The van der Waals surface area contributed by atoms with Gasteiger partial charge in [-0.2, -0.15) is 10.1 Å². The van der Waals surface area contributed by atoms with Crippen LogP contribution in [0.5, 0.6) is 0 Å². The molecule has 3 aliphatic rings. The number of hydrogen-bond donors (Lipinski definition) is 2. The van der Waals surface area contributed by atoms with E-state index in [1.54, 1.807) is 30.3 Å². The van der Waals surface area contributed by atoms with Gasteiger partial charge in [-0.05, 0) is 88.8 Å². The number of carbonyl (C=O) groups is 2. The molecule has 1 saturated carbocycles. The number of aliphatic hydroxyl groups excluding tert-OH is 1. The van der Waals surface area contributed by atoms with Crippen LogP contribution in [-0.4, -0.2) is 33.8 Å². The molecule has 4 aromatic carbocycles. The van der Waals surface area contributed by atoms with Gasteiger partial charge in [0.25, 0.3) is 5.91 Å². The summed E-state index contributed by atoms with van der Waals surface area (Å²) in [6.07, 6.45) is 4.98. The van der Waals surface area contributed by atoms with Crippen molar-refractivity contribution in [2.75, 3.05) is 9.91 Å². The van der Waals surface area contributed by atoms with Gasteiger partial charge in [0, 0.05) is 23.3 Å². The Kier molecular flexibility index (Phi) is 5.75. The van der Waals surface area contributed by atoms with Crippen molar-refractivity contribution < 1.29 is 19.8 Å². The van der Waals surface area contributed by atoms with Crippen LogP contribution in [0.15, 0.2) is 95.6 Å². The van der Waals surface area contributed by atoms with E-state index in [2.05, 4.69) is 46.4 Å². The minimum atomic E-state index is -1.23. The fraction of sp³-hybridized carbons (Fsp3) is 0.182. The summed E-state index contributed by atoms with van der Waals surface area (Å²) in [6, 6.07) is 27.9. The number of rotatable bonds is 5. The second-order valence-electron chi connectivity index (χ2n) is 10.6. The van der Waals surface area contributed by atoms with Gasteiger partial charge in [-0.25, -0.2) is 4.79 Å². The molecule has 0 saturated heterocycles. The lowest BCUT2D eigenvalue weighted by molar-refractivity contribution is -0.129. The smallest absolute Gasteiger partial charge is 0.357 e. The number of carbonyl (C=O) groups excluding carboxylic acids is 1. The number of amides is 1. The normalized spacial score (nSPS) is 20.8. The molecule has 7 rings (SSSR count). The van der Waals surface area contributed by atoms with Gasteiger partial charge in [0.2, 0.25) is 0 Å². The summed E-state index contributed by atoms with van der Waals surface area (Å²) in [7, 11) is 0. The van der Waals surface area contributed by atoms with Gasteiger partial charge in [-0.1, -0.05) is 48.9 Å². The van der Waals surface area contributed by atoms with Gasteiger partial charge in [-0.15, -0.1) is 0 Å². The molecule has 0 bridgehead atoms. The molecular formula is C33H27N3O4. The van der Waals surface area contributed by atoms with E-state index >= 15 is 0 Å². The van der Waals surface area contributed by atoms with E-state index in [1.807, 2.05) is 24.3 Å². The number of hydrogen-bond acceptors (Lipinski definition) is 5. The van der Waals surface area contributed by atoms with E-state index < -0.39 is 11.9 Å². The number of carboxylic acids is 1. The van der Waals surface area contributed by atoms with Gasteiger partial charge < -0.3 is 15.1 Å². The highest BCUT2D eigenvalue weighted by molar-refractivity contribution is 6.53. The molecule has 2 heterocycles. The largest absolute Gasteiger partial charge is 0.476 e. The highest BCUT2D eigenvalue weighted by Gasteiger charge is 2.42. The number of para-hydroxylation sites is 1. The van der Waals surface area contributed by atoms with Crippen LogP contribution in [0.3, 0.4) is 0 Å². The SMILES string of the molecule is O=C(O)C1=NN(c2ccccc2)C(=O)C1=Cc1ccc2c(c1)C1CCCC1N2c1ccc2cc(CO)ccc2c1. The Labute approximate surface area is 231 Å². The molecule has 7 heteroatoms. The van der Waals surface area contributed by atoms with Crippen LogP contribution < -0.4 is 9.91 Å². The number of aliphatic hydroxyl groups is 1. The summed E-state index contributed by atoms with van der Waals surface area (Å²) < 4.78 is 0. The summed E-state index contributed by atoms with van der Waals surface area (Å²) in [5, 5.41) is 26.8. The van der Waals surface area contributed by atoms with Crippen molar-refractivity contribution in [1.82, 2.24) is 0 Å². The third kappa shape index (κ3) is 3.89. The predicted octanol–water partition coefficient (Wildman–Crippen LogP) is 5.99. The van der Waals surface area contributed by atoms with Gasteiger partial charge in [0.15, 0.2) is 5.71 Å². The van der Waals surface area contributed by atoms with Gasteiger partial charge in [0.1, 0.15) is 0 Å². The molecule has 4 aromatic rings. The first-order chi connectivity index (χ1) is 19.5. The zero-order chi connectivity index (χ0) is 27.4. The first-order valence-corrected chi connectivity index (χ1v) is 13.5. The lowest BCUT2D eigenvalue weighted by atomic mass is 9.95. The molecule has 7 nitrogen and oxygen atoms in total. The molecule has 2 unspecified atom stereocenters.